The van der Waals surface area contributed by atoms with Gasteiger partial charge in [0.15, 0.2) is 0 Å². The monoisotopic (exact) mass is 397 g/mol. The van der Waals surface area contributed by atoms with Gasteiger partial charge < -0.3 is 5.32 Å². The Hall–Kier alpha value is -3.80. The zero-order valence-electron chi connectivity index (χ0n) is 16.1. The number of hydrogen-bond donors (Lipinski definition) is 1. The van der Waals surface area contributed by atoms with Gasteiger partial charge in [-0.2, -0.15) is 0 Å². The van der Waals surface area contributed by atoms with Gasteiger partial charge in [0.1, 0.15) is 0 Å². The van der Waals surface area contributed by atoms with Crippen molar-refractivity contribution in [2.75, 3.05) is 10.2 Å². The van der Waals surface area contributed by atoms with E-state index in [9.17, 15) is 14.4 Å². The normalized spacial score (nSPS) is 20.5. The summed E-state index contributed by atoms with van der Waals surface area (Å²) in [6.07, 6.45) is 6.82. The van der Waals surface area contributed by atoms with E-state index in [1.807, 2.05) is 36.4 Å². The van der Waals surface area contributed by atoms with E-state index in [0.29, 0.717) is 29.8 Å². The van der Waals surface area contributed by atoms with Crippen molar-refractivity contribution in [3.63, 3.8) is 0 Å². The largest absolute Gasteiger partial charge is 0.320 e. The zero-order chi connectivity index (χ0) is 20.7. The summed E-state index contributed by atoms with van der Waals surface area (Å²) < 4.78 is 0. The lowest BCUT2D eigenvalue weighted by Crippen LogP contribution is -2.30. The second kappa shape index (κ2) is 7.22. The summed E-state index contributed by atoms with van der Waals surface area (Å²) >= 11 is 0. The van der Waals surface area contributed by atoms with Crippen LogP contribution in [0.5, 0.6) is 0 Å². The Kier molecular flexibility index (Phi) is 4.39. The molecule has 0 bridgehead atoms. The van der Waals surface area contributed by atoms with Crippen molar-refractivity contribution in [1.82, 2.24) is 4.98 Å². The fourth-order valence-electron chi connectivity index (χ4n) is 4.22. The van der Waals surface area contributed by atoms with Crippen LogP contribution in [0.4, 0.5) is 11.4 Å². The number of hydrogen-bond acceptors (Lipinski definition) is 4. The van der Waals surface area contributed by atoms with Crippen molar-refractivity contribution in [3.05, 3.63) is 78.5 Å². The van der Waals surface area contributed by atoms with Crippen LogP contribution in [0, 0.1) is 11.8 Å². The Labute approximate surface area is 173 Å². The van der Waals surface area contributed by atoms with E-state index in [1.54, 1.807) is 36.5 Å². The third-order valence-corrected chi connectivity index (χ3v) is 5.78. The second-order valence-electron chi connectivity index (χ2n) is 7.55. The van der Waals surface area contributed by atoms with Crippen molar-refractivity contribution in [2.24, 2.45) is 11.8 Å². The number of nitrogens with one attached hydrogen (secondary N) is 1. The van der Waals surface area contributed by atoms with E-state index < -0.39 is 0 Å². The van der Waals surface area contributed by atoms with Gasteiger partial charge in [-0.1, -0.05) is 30.4 Å². The highest BCUT2D eigenvalue weighted by Gasteiger charge is 2.47. The first-order valence-electron chi connectivity index (χ1n) is 9.91. The predicted octanol–water partition coefficient (Wildman–Crippen LogP) is 3.94. The van der Waals surface area contributed by atoms with Crippen LogP contribution < -0.4 is 10.2 Å². The summed E-state index contributed by atoms with van der Waals surface area (Å²) in [5.41, 5.74) is 2.28. The molecular formula is C24H19N3O3. The van der Waals surface area contributed by atoms with Crippen molar-refractivity contribution < 1.29 is 14.4 Å². The lowest BCUT2D eigenvalue weighted by Gasteiger charge is -2.15. The number of rotatable bonds is 3. The van der Waals surface area contributed by atoms with Crippen LogP contribution >= 0.6 is 0 Å². The second-order valence-corrected chi connectivity index (χ2v) is 7.55. The number of carbonyl (C=O) groups is 3. The van der Waals surface area contributed by atoms with Crippen LogP contribution in [0.2, 0.25) is 0 Å². The number of aromatic nitrogens is 1. The Balaban J connectivity index is 1.37. The van der Waals surface area contributed by atoms with Crippen LogP contribution in [-0.4, -0.2) is 22.7 Å². The number of imide groups is 1. The summed E-state index contributed by atoms with van der Waals surface area (Å²) in [5.74, 6) is -1.15. The van der Waals surface area contributed by atoms with E-state index in [1.165, 1.54) is 4.90 Å². The standard InChI is InChI=1S/C24H19N3O3/c28-22(26-20-9-3-5-15-6-4-14-25-21(15)20)16-10-12-17(13-11-16)27-23(29)18-7-1-2-8-19(18)24(27)30/h1-6,9-14,18-19H,7-8H2,(H,26,28). The van der Waals surface area contributed by atoms with E-state index >= 15 is 0 Å². The van der Waals surface area contributed by atoms with Gasteiger partial charge in [0.25, 0.3) is 5.91 Å². The molecule has 2 aliphatic rings. The molecule has 5 rings (SSSR count). The Morgan fingerprint density at radius 2 is 1.57 bits per heavy atom. The van der Waals surface area contributed by atoms with Gasteiger partial charge in [0, 0.05) is 17.1 Å². The number of benzene rings is 2. The molecule has 6 heteroatoms. The number of fused-ring (bicyclic) bond motifs is 2. The molecule has 1 aliphatic carbocycles. The van der Waals surface area contributed by atoms with Gasteiger partial charge >= 0.3 is 0 Å². The molecule has 3 amide bonds. The Morgan fingerprint density at radius 1 is 0.900 bits per heavy atom. The molecule has 2 heterocycles. The predicted molar refractivity (Wildman–Crippen MR) is 114 cm³/mol. The fourth-order valence-corrected chi connectivity index (χ4v) is 4.22. The number of carbonyl (C=O) groups excluding carboxylic acids is 3. The molecule has 1 saturated heterocycles. The maximum Gasteiger partial charge on any atom is 0.255 e. The molecule has 30 heavy (non-hydrogen) atoms. The first-order chi connectivity index (χ1) is 14.6. The van der Waals surface area contributed by atoms with Crippen LogP contribution in [0.25, 0.3) is 10.9 Å². The van der Waals surface area contributed by atoms with Crippen molar-refractivity contribution >= 4 is 40.0 Å². The Morgan fingerprint density at radius 3 is 2.27 bits per heavy atom. The highest BCUT2D eigenvalue weighted by Crippen LogP contribution is 2.37. The molecule has 0 radical (unpaired) electrons. The minimum absolute atomic E-state index is 0.159. The minimum Gasteiger partial charge on any atom is -0.320 e. The molecule has 2 atom stereocenters. The van der Waals surface area contributed by atoms with Crippen molar-refractivity contribution in [3.8, 4) is 0 Å². The number of pyridine rings is 1. The number of allylic oxidation sites excluding steroid dienone is 2. The highest BCUT2D eigenvalue weighted by molar-refractivity contribution is 6.22. The molecule has 148 valence electrons. The summed E-state index contributed by atoms with van der Waals surface area (Å²) in [7, 11) is 0. The van der Waals surface area contributed by atoms with Crippen molar-refractivity contribution in [1.29, 1.82) is 0 Å². The number of anilines is 2. The maximum absolute atomic E-state index is 12.7. The van der Waals surface area contributed by atoms with Gasteiger partial charge in [0.05, 0.1) is 28.7 Å². The first-order valence-corrected chi connectivity index (χ1v) is 9.91. The molecule has 2 unspecified atom stereocenters. The van der Waals surface area contributed by atoms with Gasteiger partial charge in [-0.15, -0.1) is 0 Å². The molecule has 3 aromatic rings. The van der Waals surface area contributed by atoms with Crippen LogP contribution in [0.1, 0.15) is 23.2 Å². The van der Waals surface area contributed by atoms with E-state index in [-0.39, 0.29) is 29.6 Å². The van der Waals surface area contributed by atoms with E-state index in [4.69, 9.17) is 0 Å². The van der Waals surface area contributed by atoms with Gasteiger partial charge in [-0.25, -0.2) is 0 Å². The molecule has 1 aromatic heterocycles. The fraction of sp³-hybridized carbons (Fsp3) is 0.167. The van der Waals surface area contributed by atoms with Gasteiger partial charge in [-0.05, 0) is 49.2 Å². The van der Waals surface area contributed by atoms with Crippen LogP contribution in [0.15, 0.2) is 72.9 Å². The summed E-state index contributed by atoms with van der Waals surface area (Å²) in [4.78, 5) is 43.8. The van der Waals surface area contributed by atoms with E-state index in [2.05, 4.69) is 10.3 Å². The molecule has 1 aliphatic heterocycles. The summed E-state index contributed by atoms with van der Waals surface area (Å²) in [6.45, 7) is 0. The quantitative estimate of drug-likeness (QED) is 0.536. The molecule has 2 aromatic carbocycles. The van der Waals surface area contributed by atoms with Gasteiger partial charge in [-0.3, -0.25) is 24.3 Å². The first kappa shape index (κ1) is 18.2. The van der Waals surface area contributed by atoms with E-state index in [0.717, 1.165) is 10.9 Å². The van der Waals surface area contributed by atoms with Crippen molar-refractivity contribution in [2.45, 2.75) is 12.8 Å². The molecule has 0 spiro atoms. The minimum atomic E-state index is -0.281. The average molecular weight is 397 g/mol. The lowest BCUT2D eigenvalue weighted by molar-refractivity contribution is -0.122. The smallest absolute Gasteiger partial charge is 0.255 e. The third kappa shape index (κ3) is 2.97. The maximum atomic E-state index is 12.7. The summed E-state index contributed by atoms with van der Waals surface area (Å²) in [5, 5.41) is 3.83. The molecular weight excluding hydrogens is 378 g/mol. The topological polar surface area (TPSA) is 79.4 Å². The molecule has 6 nitrogen and oxygen atoms in total. The number of para-hydroxylation sites is 1. The third-order valence-electron chi connectivity index (χ3n) is 5.78. The summed E-state index contributed by atoms with van der Waals surface area (Å²) in [6, 6.07) is 15.9. The molecule has 0 saturated carbocycles. The van der Waals surface area contributed by atoms with Crippen LogP contribution in [-0.2, 0) is 9.59 Å². The SMILES string of the molecule is O=C(Nc1cccc2cccnc12)c1ccc(N2C(=O)C3CC=CCC3C2=O)cc1. The Bertz CT molecular complexity index is 1170. The number of nitrogens with zero attached hydrogens (tertiary/aromatic N) is 2. The lowest BCUT2D eigenvalue weighted by atomic mass is 9.85. The van der Waals surface area contributed by atoms with Gasteiger partial charge in [0.2, 0.25) is 11.8 Å². The molecule has 1 fully saturated rings. The molecule has 1 N–H and O–H groups in total. The van der Waals surface area contributed by atoms with Crippen LogP contribution in [0.3, 0.4) is 0 Å². The average Bonchev–Trinajstić information content (AvgIpc) is 3.04. The highest BCUT2D eigenvalue weighted by atomic mass is 16.2. The zero-order valence-corrected chi connectivity index (χ0v) is 16.1. The number of amides is 3.